The number of carbonyl (C=O) groups excluding carboxylic acids is 1. The maximum atomic E-state index is 12.5. The highest BCUT2D eigenvalue weighted by Crippen LogP contribution is 2.19. The Labute approximate surface area is 237 Å². The predicted molar refractivity (Wildman–Crippen MR) is 163 cm³/mol. The number of carboxylic acids is 1. The zero-order valence-electron chi connectivity index (χ0n) is 25.7. The zero-order valence-corrected chi connectivity index (χ0v) is 25.7. The molecule has 0 rings (SSSR count). The Morgan fingerprint density at radius 2 is 0.789 bits per heavy atom. The third-order valence-electron chi connectivity index (χ3n) is 8.13. The molecule has 0 fully saturated rings. The topological polar surface area (TPSA) is 74.6 Å². The van der Waals surface area contributed by atoms with Gasteiger partial charge in [-0.15, -0.1) is 0 Å². The van der Waals surface area contributed by atoms with E-state index in [4.69, 9.17) is 0 Å². The normalized spacial score (nSPS) is 13.0. The maximum absolute atomic E-state index is 12.5. The molecule has 0 aromatic heterocycles. The average Bonchev–Trinajstić information content (AvgIpc) is 2.90. The van der Waals surface area contributed by atoms with Crippen LogP contribution >= 0.6 is 0 Å². The second kappa shape index (κ2) is 29.1. The second-order valence-corrected chi connectivity index (χ2v) is 11.9. The van der Waals surface area contributed by atoms with Crippen LogP contribution in [-0.2, 0) is 9.59 Å². The summed E-state index contributed by atoms with van der Waals surface area (Å²) in [5, 5.41) is 19.7. The van der Waals surface area contributed by atoms with Gasteiger partial charge in [0, 0.05) is 6.42 Å². The van der Waals surface area contributed by atoms with Crippen LogP contribution in [0.15, 0.2) is 0 Å². The van der Waals surface area contributed by atoms with Gasteiger partial charge < -0.3 is 10.2 Å². The molecule has 0 radical (unpaired) electrons. The Morgan fingerprint density at radius 1 is 0.474 bits per heavy atom. The summed E-state index contributed by atoms with van der Waals surface area (Å²) in [5.74, 6) is -1.83. The molecule has 0 amide bonds. The van der Waals surface area contributed by atoms with Gasteiger partial charge in [0.25, 0.3) is 0 Å². The molecule has 0 saturated heterocycles. The summed E-state index contributed by atoms with van der Waals surface area (Å²) in [7, 11) is 0. The van der Waals surface area contributed by atoms with E-state index < -0.39 is 11.9 Å². The van der Waals surface area contributed by atoms with E-state index in [1.54, 1.807) is 0 Å². The van der Waals surface area contributed by atoms with Gasteiger partial charge in [0.05, 0.1) is 6.10 Å². The number of ketones is 1. The number of hydrogen-bond donors (Lipinski definition) is 2. The Balaban J connectivity index is 3.64. The van der Waals surface area contributed by atoms with E-state index in [9.17, 15) is 19.8 Å². The Bertz CT molecular complexity index is 519. The Morgan fingerprint density at radius 3 is 1.16 bits per heavy atom. The van der Waals surface area contributed by atoms with Crippen LogP contribution in [-0.4, -0.2) is 28.1 Å². The molecule has 0 aliphatic carbocycles. The molecule has 226 valence electrons. The van der Waals surface area contributed by atoms with E-state index in [1.807, 2.05) is 0 Å². The molecule has 0 saturated carbocycles. The Kier molecular flexibility index (Phi) is 28.4. The number of aliphatic carboxylic acids is 1. The highest BCUT2D eigenvalue weighted by Gasteiger charge is 2.24. The van der Waals surface area contributed by atoms with Gasteiger partial charge in [0.2, 0.25) is 0 Å². The van der Waals surface area contributed by atoms with Crippen molar-refractivity contribution in [3.8, 4) is 0 Å². The summed E-state index contributed by atoms with van der Waals surface area (Å²) in [5.41, 5.74) is 0. The monoisotopic (exact) mass is 538 g/mol. The van der Waals surface area contributed by atoms with Crippen molar-refractivity contribution >= 4 is 11.8 Å². The highest BCUT2D eigenvalue weighted by atomic mass is 16.4. The minimum atomic E-state index is -0.942. The summed E-state index contributed by atoms with van der Waals surface area (Å²) < 4.78 is 0. The van der Waals surface area contributed by atoms with Crippen molar-refractivity contribution in [1.29, 1.82) is 0 Å². The first kappa shape index (κ1) is 37.1. The maximum Gasteiger partial charge on any atom is 0.314 e. The molecule has 0 aromatic rings. The van der Waals surface area contributed by atoms with Crippen LogP contribution in [0, 0.1) is 5.92 Å². The van der Waals surface area contributed by atoms with Gasteiger partial charge in [-0.3, -0.25) is 9.59 Å². The summed E-state index contributed by atoms with van der Waals surface area (Å²) in [6, 6.07) is 0. The summed E-state index contributed by atoms with van der Waals surface area (Å²) in [6.07, 6.45) is 31.6. The van der Waals surface area contributed by atoms with Gasteiger partial charge in [-0.25, -0.2) is 0 Å². The van der Waals surface area contributed by atoms with E-state index in [0.717, 1.165) is 70.6 Å². The van der Waals surface area contributed by atoms with E-state index in [0.29, 0.717) is 12.8 Å². The summed E-state index contributed by atoms with van der Waals surface area (Å²) >= 11 is 0. The fourth-order valence-corrected chi connectivity index (χ4v) is 5.48. The SMILES string of the molecule is CCCCCCCCCCCCCCCC(=O)C(CCCCCCCC(O)CCCCCCCC)C(=O)O. The number of rotatable bonds is 31. The molecule has 0 spiro atoms. The first-order valence-corrected chi connectivity index (χ1v) is 17.0. The number of aliphatic hydroxyl groups excluding tert-OH is 1. The van der Waals surface area contributed by atoms with Crippen LogP contribution in [0.1, 0.15) is 194 Å². The number of hydrogen-bond acceptors (Lipinski definition) is 3. The first-order chi connectivity index (χ1) is 18.5. The van der Waals surface area contributed by atoms with E-state index >= 15 is 0 Å². The summed E-state index contributed by atoms with van der Waals surface area (Å²) in [4.78, 5) is 24.1. The molecule has 4 heteroatoms. The van der Waals surface area contributed by atoms with E-state index in [2.05, 4.69) is 13.8 Å². The van der Waals surface area contributed by atoms with Crippen LogP contribution in [0.25, 0.3) is 0 Å². The molecule has 2 atom stereocenters. The quantitative estimate of drug-likeness (QED) is 0.0680. The van der Waals surface area contributed by atoms with Crippen molar-refractivity contribution in [3.63, 3.8) is 0 Å². The minimum absolute atomic E-state index is 0.0709. The number of carbonyl (C=O) groups is 2. The van der Waals surface area contributed by atoms with E-state index in [1.165, 1.54) is 96.3 Å². The molecule has 4 nitrogen and oxygen atoms in total. The molecule has 38 heavy (non-hydrogen) atoms. The lowest BCUT2D eigenvalue weighted by Crippen LogP contribution is -2.23. The van der Waals surface area contributed by atoms with Gasteiger partial charge in [0.15, 0.2) is 0 Å². The van der Waals surface area contributed by atoms with Crippen molar-refractivity contribution in [2.24, 2.45) is 5.92 Å². The fourth-order valence-electron chi connectivity index (χ4n) is 5.48. The van der Waals surface area contributed by atoms with Gasteiger partial charge in [-0.2, -0.15) is 0 Å². The third kappa shape index (κ3) is 25.4. The van der Waals surface area contributed by atoms with Crippen LogP contribution in [0.3, 0.4) is 0 Å². The number of unbranched alkanes of at least 4 members (excludes halogenated alkanes) is 21. The fraction of sp³-hybridized carbons (Fsp3) is 0.941. The molecule has 0 heterocycles. The lowest BCUT2D eigenvalue weighted by molar-refractivity contribution is -0.146. The lowest BCUT2D eigenvalue weighted by atomic mass is 9.93. The van der Waals surface area contributed by atoms with Gasteiger partial charge in [0.1, 0.15) is 11.7 Å². The van der Waals surface area contributed by atoms with E-state index in [-0.39, 0.29) is 11.9 Å². The zero-order chi connectivity index (χ0) is 28.1. The second-order valence-electron chi connectivity index (χ2n) is 11.9. The molecule has 0 aliphatic heterocycles. The van der Waals surface area contributed by atoms with Gasteiger partial charge in [-0.1, -0.05) is 162 Å². The lowest BCUT2D eigenvalue weighted by Gasteiger charge is -2.12. The van der Waals surface area contributed by atoms with Crippen molar-refractivity contribution in [2.75, 3.05) is 0 Å². The summed E-state index contributed by atoms with van der Waals surface area (Å²) in [6.45, 7) is 4.49. The highest BCUT2D eigenvalue weighted by molar-refractivity contribution is 5.98. The Hall–Kier alpha value is -0.900. The van der Waals surface area contributed by atoms with Crippen LogP contribution in [0.2, 0.25) is 0 Å². The largest absolute Gasteiger partial charge is 0.481 e. The molecule has 0 aliphatic rings. The number of carboxylic acid groups (broad SMARTS) is 1. The van der Waals surface area contributed by atoms with Crippen molar-refractivity contribution in [1.82, 2.24) is 0 Å². The predicted octanol–water partition coefficient (Wildman–Crippen LogP) is 10.6. The standard InChI is InChI=1S/C34H66O4/c1-3-5-7-9-11-12-13-14-15-16-17-22-26-30-33(36)32(34(37)38)29-25-21-18-20-24-28-31(35)27-23-19-10-8-6-4-2/h31-32,35H,3-30H2,1-2H3,(H,37,38). The molecular formula is C34H66O4. The third-order valence-corrected chi connectivity index (χ3v) is 8.13. The molecule has 2 N–H and O–H groups in total. The molecule has 0 bridgehead atoms. The van der Waals surface area contributed by atoms with Gasteiger partial charge >= 0.3 is 5.97 Å². The molecule has 2 unspecified atom stereocenters. The van der Waals surface area contributed by atoms with Crippen molar-refractivity contribution in [3.05, 3.63) is 0 Å². The van der Waals surface area contributed by atoms with Crippen LogP contribution < -0.4 is 0 Å². The smallest absolute Gasteiger partial charge is 0.314 e. The van der Waals surface area contributed by atoms with Crippen molar-refractivity contribution < 1.29 is 19.8 Å². The van der Waals surface area contributed by atoms with Crippen molar-refractivity contribution in [2.45, 2.75) is 200 Å². The van der Waals surface area contributed by atoms with Crippen LogP contribution in [0.5, 0.6) is 0 Å². The van der Waals surface area contributed by atoms with Crippen LogP contribution in [0.4, 0.5) is 0 Å². The number of aliphatic hydroxyl groups is 1. The minimum Gasteiger partial charge on any atom is -0.481 e. The molecular weight excluding hydrogens is 472 g/mol. The average molecular weight is 539 g/mol. The first-order valence-electron chi connectivity index (χ1n) is 17.0. The molecule has 0 aromatic carbocycles. The van der Waals surface area contributed by atoms with Gasteiger partial charge in [-0.05, 0) is 25.7 Å². The number of Topliss-reactive ketones (excluding diaryl/α,β-unsaturated/α-hetero) is 1.